The maximum absolute atomic E-state index is 12.7. The Kier molecular flexibility index (Phi) is 5.85. The van der Waals surface area contributed by atoms with Crippen molar-refractivity contribution in [2.45, 2.75) is 6.54 Å². The summed E-state index contributed by atoms with van der Waals surface area (Å²) in [7, 11) is 4.82. The van der Waals surface area contributed by atoms with E-state index >= 15 is 0 Å². The molecule has 2 aromatic carbocycles. The third-order valence-corrected chi connectivity index (χ3v) is 5.17. The molecule has 0 aliphatic heterocycles. The first-order chi connectivity index (χ1) is 15.5. The summed E-state index contributed by atoms with van der Waals surface area (Å²) in [4.78, 5) is 34.1. The van der Waals surface area contributed by atoms with Crippen molar-refractivity contribution in [2.24, 2.45) is 7.05 Å². The zero-order valence-corrected chi connectivity index (χ0v) is 18.0. The first kappa shape index (κ1) is 21.0. The zero-order valence-electron chi connectivity index (χ0n) is 18.0. The summed E-state index contributed by atoms with van der Waals surface area (Å²) >= 11 is 0. The summed E-state index contributed by atoms with van der Waals surface area (Å²) in [6.07, 6.45) is 1.62. The van der Waals surface area contributed by atoms with E-state index in [0.717, 1.165) is 5.56 Å². The first-order valence-corrected chi connectivity index (χ1v) is 9.93. The fourth-order valence-corrected chi connectivity index (χ4v) is 3.42. The fraction of sp³-hybridized carbons (Fsp3) is 0.167. The number of hydrogen-bond acceptors (Lipinski definition) is 6. The molecule has 8 heteroatoms. The number of aromatic nitrogens is 3. The Morgan fingerprint density at radius 3 is 2.56 bits per heavy atom. The van der Waals surface area contributed by atoms with Gasteiger partial charge in [-0.2, -0.15) is 0 Å². The predicted octanol–water partition coefficient (Wildman–Crippen LogP) is 2.94. The largest absolute Gasteiger partial charge is 0.497 e. The lowest BCUT2D eigenvalue weighted by Crippen LogP contribution is -2.23. The molecule has 0 aliphatic carbocycles. The summed E-state index contributed by atoms with van der Waals surface area (Å²) in [6.45, 7) is 0.279. The van der Waals surface area contributed by atoms with Gasteiger partial charge in [0.1, 0.15) is 22.7 Å². The average molecular weight is 430 g/mol. The number of methoxy groups -OCH3 is 2. The lowest BCUT2D eigenvalue weighted by atomic mass is 10.1. The Labute approximate surface area is 184 Å². The number of rotatable bonds is 6. The molecule has 4 rings (SSSR count). The molecule has 0 unspecified atom stereocenters. The van der Waals surface area contributed by atoms with Gasteiger partial charge in [-0.3, -0.25) is 14.2 Å². The minimum absolute atomic E-state index is 0.245. The van der Waals surface area contributed by atoms with Crippen LogP contribution in [-0.2, 0) is 13.6 Å². The van der Waals surface area contributed by atoms with Crippen LogP contribution in [-0.4, -0.2) is 34.7 Å². The Balaban J connectivity index is 1.55. The second-order valence-electron chi connectivity index (χ2n) is 7.11. The lowest BCUT2D eigenvalue weighted by Gasteiger charge is -2.12. The number of amides is 1. The van der Waals surface area contributed by atoms with Crippen LogP contribution in [0.2, 0.25) is 0 Å². The van der Waals surface area contributed by atoms with Crippen LogP contribution >= 0.6 is 0 Å². The van der Waals surface area contributed by atoms with E-state index in [1.807, 2.05) is 6.07 Å². The highest BCUT2D eigenvalue weighted by Crippen LogP contribution is 2.24. The number of pyridine rings is 1. The monoisotopic (exact) mass is 430 g/mol. The summed E-state index contributed by atoms with van der Waals surface area (Å²) in [6, 6.07) is 15.8. The molecule has 2 heterocycles. The minimum Gasteiger partial charge on any atom is -0.497 e. The molecular formula is C24H22N4O4. The van der Waals surface area contributed by atoms with E-state index in [-0.39, 0.29) is 18.0 Å². The predicted molar refractivity (Wildman–Crippen MR) is 121 cm³/mol. The number of carbonyl (C=O) groups is 1. The quantitative estimate of drug-likeness (QED) is 0.505. The van der Waals surface area contributed by atoms with Gasteiger partial charge < -0.3 is 14.8 Å². The van der Waals surface area contributed by atoms with Crippen molar-refractivity contribution in [2.75, 3.05) is 14.2 Å². The fourth-order valence-electron chi connectivity index (χ4n) is 3.42. The highest BCUT2D eigenvalue weighted by atomic mass is 16.5. The van der Waals surface area contributed by atoms with Gasteiger partial charge in [0.15, 0.2) is 5.65 Å². The maximum atomic E-state index is 12.7. The molecule has 0 bridgehead atoms. The number of nitrogens with zero attached hydrogens (tertiary/aromatic N) is 3. The van der Waals surface area contributed by atoms with Gasteiger partial charge in [-0.15, -0.1) is 0 Å². The van der Waals surface area contributed by atoms with Crippen molar-refractivity contribution in [3.05, 3.63) is 82.3 Å². The molecule has 8 nitrogen and oxygen atoms in total. The minimum atomic E-state index is -0.251. The van der Waals surface area contributed by atoms with Crippen molar-refractivity contribution >= 4 is 17.1 Å². The zero-order chi connectivity index (χ0) is 22.7. The van der Waals surface area contributed by atoms with Gasteiger partial charge in [-0.05, 0) is 42.5 Å². The average Bonchev–Trinajstić information content (AvgIpc) is 2.84. The maximum Gasteiger partial charge on any atom is 0.278 e. The first-order valence-electron chi connectivity index (χ1n) is 9.93. The number of benzene rings is 2. The number of nitrogens with one attached hydrogen (secondary N) is 1. The molecule has 0 aliphatic rings. The number of carbonyl (C=O) groups excluding carboxylic acids is 1. The molecule has 162 valence electrons. The van der Waals surface area contributed by atoms with Crippen LogP contribution in [0.4, 0.5) is 0 Å². The van der Waals surface area contributed by atoms with E-state index < -0.39 is 0 Å². The summed E-state index contributed by atoms with van der Waals surface area (Å²) in [5, 5.41) is 2.88. The summed E-state index contributed by atoms with van der Waals surface area (Å²) < 4.78 is 12.1. The standard InChI is InChI=1S/C24H22N4O4/c1-28-22-19(5-4-12-25-22)27-21(24(28)30)15-6-8-16(9-7-15)23(29)26-14-17-13-18(31-2)10-11-20(17)32-3/h4-13H,14H2,1-3H3,(H,26,29). The van der Waals surface area contributed by atoms with Crippen molar-refractivity contribution in [3.63, 3.8) is 0 Å². The molecule has 0 saturated carbocycles. The number of fused-ring (bicyclic) bond motifs is 1. The van der Waals surface area contributed by atoms with Gasteiger partial charge in [-0.1, -0.05) is 12.1 Å². The van der Waals surface area contributed by atoms with Crippen molar-refractivity contribution < 1.29 is 14.3 Å². The van der Waals surface area contributed by atoms with Crippen LogP contribution in [0.5, 0.6) is 11.5 Å². The van der Waals surface area contributed by atoms with Crippen LogP contribution in [0, 0.1) is 0 Å². The van der Waals surface area contributed by atoms with Gasteiger partial charge in [0.2, 0.25) is 0 Å². The van der Waals surface area contributed by atoms with Gasteiger partial charge in [0, 0.05) is 36.5 Å². The highest BCUT2D eigenvalue weighted by Gasteiger charge is 2.13. The molecule has 1 amide bonds. The molecule has 0 atom stereocenters. The van der Waals surface area contributed by atoms with Gasteiger partial charge in [0.25, 0.3) is 11.5 Å². The van der Waals surface area contributed by atoms with Gasteiger partial charge >= 0.3 is 0 Å². The summed E-state index contributed by atoms with van der Waals surface area (Å²) in [5.41, 5.74) is 3.09. The van der Waals surface area contributed by atoms with Crippen LogP contribution in [0.1, 0.15) is 15.9 Å². The molecule has 0 fully saturated rings. The Morgan fingerprint density at radius 2 is 1.84 bits per heavy atom. The molecule has 0 spiro atoms. The van der Waals surface area contributed by atoms with Crippen LogP contribution < -0.4 is 20.3 Å². The molecular weight excluding hydrogens is 408 g/mol. The molecule has 0 radical (unpaired) electrons. The Morgan fingerprint density at radius 1 is 1.06 bits per heavy atom. The summed E-state index contributed by atoms with van der Waals surface area (Å²) in [5.74, 6) is 1.10. The Hall–Kier alpha value is -4.20. The SMILES string of the molecule is COc1ccc(OC)c(CNC(=O)c2ccc(-c3nc4cccnc4n(C)c3=O)cc2)c1. The van der Waals surface area contributed by atoms with Gasteiger partial charge in [-0.25, -0.2) is 9.97 Å². The number of hydrogen-bond donors (Lipinski definition) is 1. The van der Waals surface area contributed by atoms with E-state index in [0.29, 0.717) is 39.5 Å². The highest BCUT2D eigenvalue weighted by molar-refractivity contribution is 5.94. The molecule has 32 heavy (non-hydrogen) atoms. The van der Waals surface area contributed by atoms with E-state index in [1.165, 1.54) is 4.57 Å². The van der Waals surface area contributed by atoms with E-state index in [4.69, 9.17) is 9.47 Å². The van der Waals surface area contributed by atoms with Crippen molar-refractivity contribution in [1.29, 1.82) is 0 Å². The van der Waals surface area contributed by atoms with E-state index in [2.05, 4.69) is 15.3 Å². The molecule has 2 aromatic heterocycles. The molecule has 0 saturated heterocycles. The topological polar surface area (TPSA) is 95.3 Å². The lowest BCUT2D eigenvalue weighted by molar-refractivity contribution is 0.0950. The Bertz CT molecular complexity index is 1350. The molecule has 4 aromatic rings. The van der Waals surface area contributed by atoms with Crippen LogP contribution in [0.25, 0.3) is 22.4 Å². The normalized spacial score (nSPS) is 10.7. The van der Waals surface area contributed by atoms with Crippen LogP contribution in [0.3, 0.4) is 0 Å². The second kappa shape index (κ2) is 8.89. The third kappa shape index (κ3) is 4.02. The smallest absolute Gasteiger partial charge is 0.278 e. The third-order valence-electron chi connectivity index (χ3n) is 5.17. The van der Waals surface area contributed by atoms with Crippen molar-refractivity contribution in [3.8, 4) is 22.8 Å². The number of ether oxygens (including phenoxy) is 2. The number of aryl methyl sites for hydroxylation is 1. The van der Waals surface area contributed by atoms with Gasteiger partial charge in [0.05, 0.1) is 14.2 Å². The molecule has 1 N–H and O–H groups in total. The second-order valence-corrected chi connectivity index (χ2v) is 7.11. The van der Waals surface area contributed by atoms with E-state index in [1.54, 1.807) is 76.0 Å². The van der Waals surface area contributed by atoms with Crippen molar-refractivity contribution in [1.82, 2.24) is 19.9 Å². The van der Waals surface area contributed by atoms with E-state index in [9.17, 15) is 9.59 Å². The van der Waals surface area contributed by atoms with Crippen LogP contribution in [0.15, 0.2) is 65.6 Å².